The van der Waals surface area contributed by atoms with Crippen LogP contribution in [-0.2, 0) is 0 Å². The molecule has 52 heavy (non-hydrogen) atoms. The Balaban J connectivity index is 0.987. The van der Waals surface area contributed by atoms with Crippen LogP contribution in [0.15, 0.2) is 185 Å². The molecule has 0 radical (unpaired) electrons. The molecule has 3 heterocycles. The monoisotopic (exact) mass is 663 g/mol. The number of aromatic nitrogens is 1. The lowest BCUT2D eigenvalue weighted by atomic mass is 9.95. The maximum atomic E-state index is 13.9. The van der Waals surface area contributed by atoms with Crippen molar-refractivity contribution in [3.05, 3.63) is 186 Å². The zero-order valence-electron chi connectivity index (χ0n) is 28.0. The maximum Gasteiger partial charge on any atom is 0.200 e. The first-order chi connectivity index (χ1) is 25.7. The Kier molecular flexibility index (Phi) is 6.11. The zero-order valence-corrected chi connectivity index (χ0v) is 28.0. The van der Waals surface area contributed by atoms with Crippen LogP contribution in [0, 0.1) is 0 Å². The first-order valence-electron chi connectivity index (χ1n) is 17.6. The van der Waals surface area contributed by atoms with Crippen molar-refractivity contribution in [1.29, 1.82) is 0 Å². The normalized spacial score (nSPS) is 11.9. The Morgan fingerprint density at radius 3 is 1.44 bits per heavy atom. The van der Waals surface area contributed by atoms with E-state index in [1.165, 1.54) is 49.2 Å². The SMILES string of the molecule is O=c1c2cc(-c3ccccc3)ccc2oc2ccc(-c3cccc(-c4cccc(-c5ccc6c7cccc8c9ccccc9n(c6c5)c87)c4)c3)cc12. The van der Waals surface area contributed by atoms with E-state index in [0.29, 0.717) is 21.9 Å². The summed E-state index contributed by atoms with van der Waals surface area (Å²) in [5.41, 5.74) is 13.6. The van der Waals surface area contributed by atoms with Crippen LogP contribution in [0.2, 0.25) is 0 Å². The lowest BCUT2D eigenvalue weighted by Gasteiger charge is -2.10. The van der Waals surface area contributed by atoms with Crippen molar-refractivity contribution in [3.8, 4) is 44.5 Å². The summed E-state index contributed by atoms with van der Waals surface area (Å²) in [6.07, 6.45) is 0. The van der Waals surface area contributed by atoms with Crippen LogP contribution < -0.4 is 5.43 Å². The molecule has 11 aromatic rings. The number of hydrogen-bond donors (Lipinski definition) is 0. The van der Waals surface area contributed by atoms with Crippen LogP contribution in [0.5, 0.6) is 0 Å². The third-order valence-corrected chi connectivity index (χ3v) is 10.7. The average Bonchev–Trinajstić information content (AvgIpc) is 3.73. The van der Waals surface area contributed by atoms with Gasteiger partial charge in [-0.3, -0.25) is 4.79 Å². The summed E-state index contributed by atoms with van der Waals surface area (Å²) >= 11 is 0. The van der Waals surface area contributed by atoms with E-state index in [9.17, 15) is 4.79 Å². The Morgan fingerprint density at radius 1 is 0.327 bits per heavy atom. The van der Waals surface area contributed by atoms with Gasteiger partial charge >= 0.3 is 0 Å². The standard InChI is InChI=1S/C49H29NO2/c51-49-42-27-35(30-9-2-1-3-10-30)20-23-46(42)52-47-24-21-36(28-43(47)49)33-13-6-11-31(25-33)32-12-7-14-34(26-32)37-19-22-39-41-17-8-16-40-38-15-4-5-18-44(38)50(48(40)41)45(39)29-37/h1-29H. The van der Waals surface area contributed by atoms with Gasteiger partial charge in [-0.05, 0) is 93.0 Å². The predicted octanol–water partition coefficient (Wildman–Crippen LogP) is 12.8. The van der Waals surface area contributed by atoms with Crippen LogP contribution in [0.4, 0.5) is 0 Å². The van der Waals surface area contributed by atoms with Gasteiger partial charge in [-0.15, -0.1) is 0 Å². The minimum atomic E-state index is -0.0224. The molecule has 8 aromatic carbocycles. The molecule has 242 valence electrons. The van der Waals surface area contributed by atoms with Crippen LogP contribution in [-0.4, -0.2) is 4.40 Å². The van der Waals surface area contributed by atoms with Gasteiger partial charge in [0.15, 0.2) is 0 Å². The minimum absolute atomic E-state index is 0.0224. The molecule has 0 fully saturated rings. The van der Waals surface area contributed by atoms with Gasteiger partial charge in [-0.2, -0.15) is 0 Å². The van der Waals surface area contributed by atoms with Crippen LogP contribution in [0.1, 0.15) is 0 Å². The summed E-state index contributed by atoms with van der Waals surface area (Å²) in [6, 6.07) is 61.4. The third-order valence-electron chi connectivity index (χ3n) is 10.7. The van der Waals surface area contributed by atoms with Crippen molar-refractivity contribution >= 4 is 60.0 Å². The number of nitrogens with zero attached hydrogens (tertiary/aromatic N) is 1. The fourth-order valence-corrected chi connectivity index (χ4v) is 8.21. The average molecular weight is 664 g/mol. The summed E-state index contributed by atoms with van der Waals surface area (Å²) < 4.78 is 8.67. The largest absolute Gasteiger partial charge is 0.456 e. The van der Waals surface area contributed by atoms with Crippen molar-refractivity contribution in [2.75, 3.05) is 0 Å². The molecule has 0 aliphatic carbocycles. The fraction of sp³-hybridized carbons (Fsp3) is 0. The van der Waals surface area contributed by atoms with Gasteiger partial charge in [0.2, 0.25) is 5.43 Å². The predicted molar refractivity (Wildman–Crippen MR) is 216 cm³/mol. The second kappa shape index (κ2) is 11.0. The van der Waals surface area contributed by atoms with Crippen molar-refractivity contribution < 1.29 is 4.42 Å². The second-order valence-electron chi connectivity index (χ2n) is 13.7. The van der Waals surface area contributed by atoms with Crippen molar-refractivity contribution in [2.45, 2.75) is 0 Å². The molecule has 0 unspecified atom stereocenters. The molecule has 0 saturated carbocycles. The molecule has 0 bridgehead atoms. The molecule has 0 spiro atoms. The van der Waals surface area contributed by atoms with Gasteiger partial charge in [0.1, 0.15) is 11.2 Å². The topological polar surface area (TPSA) is 34.6 Å². The fourth-order valence-electron chi connectivity index (χ4n) is 8.21. The van der Waals surface area contributed by atoms with E-state index in [-0.39, 0.29) is 5.43 Å². The van der Waals surface area contributed by atoms with E-state index in [4.69, 9.17) is 4.42 Å². The quantitative estimate of drug-likeness (QED) is 0.176. The molecule has 3 heteroatoms. The Hall–Kier alpha value is -6.97. The summed E-state index contributed by atoms with van der Waals surface area (Å²) in [4.78, 5) is 13.9. The number of fused-ring (bicyclic) bond motifs is 8. The first kappa shape index (κ1) is 28.8. The molecular weight excluding hydrogens is 635 g/mol. The highest BCUT2D eigenvalue weighted by Crippen LogP contribution is 2.40. The smallest absolute Gasteiger partial charge is 0.200 e. The molecule has 11 rings (SSSR count). The highest BCUT2D eigenvalue weighted by atomic mass is 16.3. The maximum absolute atomic E-state index is 13.9. The van der Waals surface area contributed by atoms with Crippen molar-refractivity contribution in [2.24, 2.45) is 0 Å². The highest BCUT2D eigenvalue weighted by Gasteiger charge is 2.17. The lowest BCUT2D eigenvalue weighted by molar-refractivity contribution is 0.660. The summed E-state index contributed by atoms with van der Waals surface area (Å²) in [7, 11) is 0. The van der Waals surface area contributed by atoms with Gasteiger partial charge < -0.3 is 8.82 Å². The Labute approximate surface area is 298 Å². The summed E-state index contributed by atoms with van der Waals surface area (Å²) in [6.45, 7) is 0. The van der Waals surface area contributed by atoms with Gasteiger partial charge in [-0.1, -0.05) is 127 Å². The second-order valence-corrected chi connectivity index (χ2v) is 13.7. The summed E-state index contributed by atoms with van der Waals surface area (Å²) in [5, 5.41) is 6.31. The molecule has 0 aliphatic rings. The van der Waals surface area contributed by atoms with Crippen molar-refractivity contribution in [3.63, 3.8) is 0 Å². The Bertz CT molecular complexity index is 3260. The first-order valence-corrected chi connectivity index (χ1v) is 17.6. The molecule has 0 saturated heterocycles. The summed E-state index contributed by atoms with van der Waals surface area (Å²) in [5.74, 6) is 0. The minimum Gasteiger partial charge on any atom is -0.456 e. The van der Waals surface area contributed by atoms with Crippen molar-refractivity contribution in [1.82, 2.24) is 4.40 Å². The third kappa shape index (κ3) is 4.30. The van der Waals surface area contributed by atoms with E-state index >= 15 is 0 Å². The molecular formula is C49H29NO2. The van der Waals surface area contributed by atoms with Gasteiger partial charge in [0.25, 0.3) is 0 Å². The van der Waals surface area contributed by atoms with E-state index in [1.807, 2.05) is 54.6 Å². The van der Waals surface area contributed by atoms with Crippen LogP contribution in [0.3, 0.4) is 0 Å². The van der Waals surface area contributed by atoms with E-state index in [2.05, 4.69) is 126 Å². The molecule has 3 nitrogen and oxygen atoms in total. The number of benzene rings is 8. The number of rotatable bonds is 4. The van der Waals surface area contributed by atoms with E-state index in [1.54, 1.807) is 0 Å². The van der Waals surface area contributed by atoms with Gasteiger partial charge in [0, 0.05) is 21.5 Å². The molecule has 0 amide bonds. The van der Waals surface area contributed by atoms with Gasteiger partial charge in [0.05, 0.1) is 27.3 Å². The lowest BCUT2D eigenvalue weighted by Crippen LogP contribution is -2.02. The molecule has 0 N–H and O–H groups in total. The number of para-hydroxylation sites is 2. The van der Waals surface area contributed by atoms with Gasteiger partial charge in [-0.25, -0.2) is 0 Å². The number of hydrogen-bond acceptors (Lipinski definition) is 2. The molecule has 3 aromatic heterocycles. The van der Waals surface area contributed by atoms with Crippen LogP contribution >= 0.6 is 0 Å². The molecule has 0 atom stereocenters. The highest BCUT2D eigenvalue weighted by molar-refractivity contribution is 6.23. The van der Waals surface area contributed by atoms with Crippen LogP contribution in [0.25, 0.3) is 105 Å². The zero-order chi connectivity index (χ0) is 34.3. The molecule has 0 aliphatic heterocycles. The van der Waals surface area contributed by atoms with E-state index in [0.717, 1.165) is 33.4 Å². The van der Waals surface area contributed by atoms with E-state index < -0.39 is 0 Å². The Morgan fingerprint density at radius 2 is 0.788 bits per heavy atom.